The molecule has 0 spiro atoms. The molecule has 9 amide bonds. The minimum absolute atomic E-state index is 0.111. The molecule has 3 aliphatic heterocycles. The predicted molar refractivity (Wildman–Crippen MR) is 347 cm³/mol. The summed E-state index contributed by atoms with van der Waals surface area (Å²) >= 11 is 65.8. The molecule has 0 saturated carbocycles. The number of likely N-dealkylation sites (tertiary alicyclic amines) is 3. The van der Waals surface area contributed by atoms with E-state index in [-0.39, 0.29) is 86.7 Å². The molecule has 3 fully saturated rings. The highest BCUT2D eigenvalue weighted by atomic mass is 35.5. The van der Waals surface area contributed by atoms with Crippen LogP contribution in [0.15, 0.2) is 115 Å². The molecular weight excluding hydrogens is 1360 g/mol. The van der Waals surface area contributed by atoms with Gasteiger partial charge in [-0.3, -0.25) is 43.5 Å². The first-order valence-corrected chi connectivity index (χ1v) is 31.4. The molecule has 0 aromatic heterocycles. The minimum Gasteiger partial charge on any atom is -0.334 e. The van der Waals surface area contributed by atoms with Crippen LogP contribution in [0.25, 0.3) is 0 Å². The standard InChI is InChI=1S/2C21H18Cl4N2O3.C20H17Cl3N2O3/c22-14-4-2-13(16(24)10-14)3-7-19(28)18-6-8-20(29)27(18)21(30)26-11-12-1-5-15(23)17(25)9-12;22-14-4-1-12(16(24)9-14)3-7-19(28)18-6-8-20(29)27(18)21(30)26-11-13-2-5-15(23)10-17(13)25;21-13-4-6-15(7-5-13)24-20(28)25-17(8-10-19(25)27)18(26)9-2-12-1-3-14(22)11-16(12)23/h2*1-2,4-5,9-10,18H,3,6-8,11H2,(H,26,30);1,3-7,11,17H,2,8-10H2,(H,24,28)/t2*18-;17-/m000/s1. The second-order valence-corrected chi connectivity index (χ2v) is 24.9. The third kappa shape index (κ3) is 19.4. The zero-order valence-electron chi connectivity index (χ0n) is 46.3. The number of imide groups is 3. The maximum absolute atomic E-state index is 12.7. The van der Waals surface area contributed by atoms with Crippen LogP contribution in [-0.2, 0) is 61.1 Å². The Hall–Kier alpha value is -5.66. The van der Waals surface area contributed by atoms with Gasteiger partial charge in [0.1, 0.15) is 18.1 Å². The number of benzene rings is 6. The molecule has 6 aromatic rings. The number of hydrogen-bond acceptors (Lipinski definition) is 9. The van der Waals surface area contributed by atoms with E-state index < -0.39 is 36.2 Å². The van der Waals surface area contributed by atoms with Crippen molar-refractivity contribution in [3.05, 3.63) is 198 Å². The number of anilines is 1. The summed E-state index contributed by atoms with van der Waals surface area (Å²) in [4.78, 5) is 116. The lowest BCUT2D eigenvalue weighted by molar-refractivity contribution is -0.131. The highest BCUT2D eigenvalue weighted by molar-refractivity contribution is 6.42. The van der Waals surface area contributed by atoms with Crippen molar-refractivity contribution in [3.8, 4) is 0 Å². The topological polar surface area (TPSA) is 199 Å². The molecule has 3 atom stereocenters. The van der Waals surface area contributed by atoms with Crippen molar-refractivity contribution in [3.63, 3.8) is 0 Å². The molecule has 88 heavy (non-hydrogen) atoms. The lowest BCUT2D eigenvalue weighted by atomic mass is 10.0. The van der Waals surface area contributed by atoms with Crippen LogP contribution in [0.5, 0.6) is 0 Å². The van der Waals surface area contributed by atoms with Crippen LogP contribution in [0.2, 0.25) is 55.2 Å². The first-order valence-electron chi connectivity index (χ1n) is 27.2. The van der Waals surface area contributed by atoms with Crippen molar-refractivity contribution in [2.24, 2.45) is 0 Å². The number of nitrogens with zero attached hydrogens (tertiary/aromatic N) is 3. The Bertz CT molecular complexity index is 3650. The Balaban J connectivity index is 0.000000188. The first kappa shape index (κ1) is 69.8. The molecule has 3 N–H and O–H groups in total. The molecule has 3 aliphatic rings. The van der Waals surface area contributed by atoms with Crippen LogP contribution in [-0.4, -0.2) is 86.0 Å². The zero-order chi connectivity index (χ0) is 63.9. The Morgan fingerprint density at radius 3 is 1.07 bits per heavy atom. The lowest BCUT2D eigenvalue weighted by Gasteiger charge is -2.22. The van der Waals surface area contributed by atoms with Crippen LogP contribution >= 0.6 is 128 Å². The van der Waals surface area contributed by atoms with Gasteiger partial charge in [-0.1, -0.05) is 158 Å². The molecule has 9 rings (SSSR count). The molecule has 6 aromatic carbocycles. The molecule has 15 nitrogen and oxygen atoms in total. The summed E-state index contributed by atoms with van der Waals surface area (Å²) < 4.78 is 0. The second-order valence-electron chi connectivity index (χ2n) is 20.3. The number of carbonyl (C=O) groups excluding carboxylic acids is 9. The van der Waals surface area contributed by atoms with E-state index in [2.05, 4.69) is 16.0 Å². The second kappa shape index (κ2) is 32.9. The van der Waals surface area contributed by atoms with Crippen molar-refractivity contribution in [2.75, 3.05) is 5.32 Å². The smallest absolute Gasteiger partial charge is 0.329 e. The van der Waals surface area contributed by atoms with Crippen molar-refractivity contribution in [1.82, 2.24) is 25.3 Å². The number of amides is 9. The number of nitrogens with one attached hydrogen (secondary N) is 3. The molecule has 3 heterocycles. The molecule has 3 saturated heterocycles. The van der Waals surface area contributed by atoms with Gasteiger partial charge in [0.2, 0.25) is 17.7 Å². The number of aryl methyl sites for hydroxylation is 3. The van der Waals surface area contributed by atoms with E-state index in [1.54, 1.807) is 115 Å². The summed E-state index contributed by atoms with van der Waals surface area (Å²) in [7, 11) is 0. The lowest BCUT2D eigenvalue weighted by Crippen LogP contribution is -2.48. The van der Waals surface area contributed by atoms with Crippen molar-refractivity contribution < 1.29 is 43.2 Å². The van der Waals surface area contributed by atoms with E-state index in [4.69, 9.17) is 128 Å². The van der Waals surface area contributed by atoms with Crippen LogP contribution < -0.4 is 16.0 Å². The number of urea groups is 3. The van der Waals surface area contributed by atoms with Gasteiger partial charge in [-0.25, -0.2) is 14.4 Å². The fraction of sp³-hybridized carbons (Fsp3) is 0.274. The van der Waals surface area contributed by atoms with Crippen molar-refractivity contribution in [1.29, 1.82) is 0 Å². The largest absolute Gasteiger partial charge is 0.334 e. The van der Waals surface area contributed by atoms with Crippen LogP contribution in [0, 0.1) is 0 Å². The van der Waals surface area contributed by atoms with Gasteiger partial charge in [0.15, 0.2) is 17.3 Å². The van der Waals surface area contributed by atoms with Gasteiger partial charge in [-0.2, -0.15) is 0 Å². The van der Waals surface area contributed by atoms with E-state index in [1.807, 2.05) is 0 Å². The minimum atomic E-state index is -0.788. The Morgan fingerprint density at radius 2 is 0.705 bits per heavy atom. The number of rotatable bonds is 17. The van der Waals surface area contributed by atoms with Gasteiger partial charge in [-0.15, -0.1) is 0 Å². The average molecular weight is 1420 g/mol. The molecule has 462 valence electrons. The number of hydrogen-bond donors (Lipinski definition) is 3. The van der Waals surface area contributed by atoms with E-state index in [9.17, 15) is 43.2 Å². The number of ketones is 3. The Labute approximate surface area is 562 Å². The van der Waals surface area contributed by atoms with Crippen molar-refractivity contribution in [2.45, 2.75) is 108 Å². The average Bonchev–Trinajstić information content (AvgIpc) is 4.41. The monoisotopic (exact) mass is 1410 g/mol. The number of carbonyl (C=O) groups is 9. The van der Waals surface area contributed by atoms with E-state index in [0.717, 1.165) is 37.0 Å². The molecule has 0 unspecified atom stereocenters. The molecule has 0 radical (unpaired) electrons. The third-order valence-corrected chi connectivity index (χ3v) is 17.7. The van der Waals surface area contributed by atoms with Crippen LogP contribution in [0.1, 0.15) is 85.6 Å². The summed E-state index contributed by atoms with van der Waals surface area (Å²) in [6.45, 7) is 0.265. The van der Waals surface area contributed by atoms with E-state index in [0.29, 0.717) is 105 Å². The van der Waals surface area contributed by atoms with Gasteiger partial charge in [0.25, 0.3) is 0 Å². The summed E-state index contributed by atoms with van der Waals surface area (Å²) in [5.74, 6) is -1.66. The number of Topliss-reactive ketones (excluding diaryl/α,β-unsaturated/α-hetero) is 3. The normalized spacial score (nSPS) is 16.1. The molecular formula is C62H53Cl11N6O9. The SMILES string of the molecule is O=C(CCc1ccc(Cl)cc1Cl)[C@@H]1CCC(=O)N1C(=O)NCc1ccc(Cl)c(Cl)c1.O=C(CCc1ccc(Cl)cc1Cl)[C@@H]1CCC(=O)N1C(=O)NCc1ccc(Cl)cc1Cl.O=C(CCc1ccc(Cl)cc1Cl)[C@@H]1CCC(=O)N1C(=O)Nc1ccc(Cl)cc1. The summed E-state index contributed by atoms with van der Waals surface area (Å²) in [5.41, 5.74) is 4.24. The fourth-order valence-electron chi connectivity index (χ4n) is 9.73. The van der Waals surface area contributed by atoms with Gasteiger partial charge in [-0.05, 0) is 151 Å². The van der Waals surface area contributed by atoms with Gasteiger partial charge in [0.05, 0.1) is 10.0 Å². The summed E-state index contributed by atoms with van der Waals surface area (Å²) in [5, 5.41) is 13.2. The van der Waals surface area contributed by atoms with Gasteiger partial charge in [0, 0.05) is 103 Å². The zero-order valence-corrected chi connectivity index (χ0v) is 54.6. The highest BCUT2D eigenvalue weighted by Gasteiger charge is 2.42. The third-order valence-electron chi connectivity index (χ3n) is 14.3. The summed E-state index contributed by atoms with van der Waals surface area (Å²) in [6.07, 6.45) is 3.09. The molecule has 26 heteroatoms. The summed E-state index contributed by atoms with van der Waals surface area (Å²) in [6, 6.07) is 27.5. The van der Waals surface area contributed by atoms with Crippen molar-refractivity contribution >= 4 is 186 Å². The van der Waals surface area contributed by atoms with E-state index in [1.165, 1.54) is 0 Å². The maximum Gasteiger partial charge on any atom is 0.329 e. The number of halogens is 11. The Kier molecular flexibility index (Phi) is 26.1. The van der Waals surface area contributed by atoms with E-state index >= 15 is 0 Å². The molecule has 0 bridgehead atoms. The first-order chi connectivity index (χ1) is 41.9. The predicted octanol–water partition coefficient (Wildman–Crippen LogP) is 16.8. The van der Waals surface area contributed by atoms with Crippen LogP contribution in [0.4, 0.5) is 20.1 Å². The van der Waals surface area contributed by atoms with Gasteiger partial charge < -0.3 is 16.0 Å². The quantitative estimate of drug-likeness (QED) is 0.0795. The van der Waals surface area contributed by atoms with Crippen LogP contribution in [0.3, 0.4) is 0 Å². The molecule has 0 aliphatic carbocycles. The fourth-order valence-corrected chi connectivity index (χ4v) is 12.2. The maximum atomic E-state index is 12.7. The van der Waals surface area contributed by atoms with Gasteiger partial charge >= 0.3 is 18.1 Å². The highest BCUT2D eigenvalue weighted by Crippen LogP contribution is 2.31. The Morgan fingerprint density at radius 1 is 0.364 bits per heavy atom.